The Labute approximate surface area is 231 Å². The number of thioether (sulfide) groups is 1. The Kier molecular flexibility index (Phi) is 7.49. The van der Waals surface area contributed by atoms with Gasteiger partial charge in [-0.2, -0.15) is 0 Å². The van der Waals surface area contributed by atoms with Crippen molar-refractivity contribution in [1.82, 2.24) is 4.90 Å². The molecule has 3 aromatic carbocycles. The van der Waals surface area contributed by atoms with E-state index in [4.69, 9.17) is 4.42 Å². The lowest BCUT2D eigenvalue weighted by atomic mass is 10.1. The molecule has 2 heterocycles. The Balaban J connectivity index is 1.23. The molecule has 0 bridgehead atoms. The van der Waals surface area contributed by atoms with Gasteiger partial charge < -0.3 is 14.6 Å². The quantitative estimate of drug-likeness (QED) is 0.285. The van der Waals surface area contributed by atoms with Crippen LogP contribution in [0.4, 0.5) is 11.4 Å². The highest BCUT2D eigenvalue weighted by molar-refractivity contribution is 8.00. The zero-order valence-electron chi connectivity index (χ0n) is 21.4. The van der Waals surface area contributed by atoms with Gasteiger partial charge in [0.2, 0.25) is 5.91 Å². The van der Waals surface area contributed by atoms with Crippen molar-refractivity contribution >= 4 is 45.0 Å². The molecule has 5 rings (SSSR count). The normalized spacial score (nSPS) is 15.4. The molecule has 4 aromatic rings. The summed E-state index contributed by atoms with van der Waals surface area (Å²) in [5.41, 5.74) is 4.22. The number of anilines is 2. The number of amides is 2. The zero-order valence-corrected chi connectivity index (χ0v) is 23.0. The Morgan fingerprint density at radius 2 is 1.77 bits per heavy atom. The predicted molar refractivity (Wildman–Crippen MR) is 152 cm³/mol. The molecule has 1 fully saturated rings. The molecule has 0 unspecified atom stereocenters. The molecule has 10 heteroatoms. The molecule has 1 aromatic heterocycles. The summed E-state index contributed by atoms with van der Waals surface area (Å²) in [6, 6.07) is 22.2. The molecule has 1 aliphatic rings. The van der Waals surface area contributed by atoms with E-state index < -0.39 is 10.0 Å². The van der Waals surface area contributed by atoms with Gasteiger partial charge in [-0.25, -0.2) is 8.42 Å². The number of nitrogens with zero attached hydrogens (tertiary/aromatic N) is 1. The van der Waals surface area contributed by atoms with Crippen molar-refractivity contribution in [2.75, 3.05) is 15.8 Å². The Bertz CT molecular complexity index is 1600. The second-order valence-electron chi connectivity index (χ2n) is 9.29. The van der Waals surface area contributed by atoms with Gasteiger partial charge in [0.05, 0.1) is 29.1 Å². The molecule has 2 N–H and O–H groups in total. The fourth-order valence-electron chi connectivity index (χ4n) is 4.32. The number of hydrogen-bond donors (Lipinski definition) is 2. The molecule has 1 aliphatic heterocycles. The lowest BCUT2D eigenvalue weighted by Crippen LogP contribution is -2.27. The summed E-state index contributed by atoms with van der Waals surface area (Å²) >= 11 is 1.54. The summed E-state index contributed by atoms with van der Waals surface area (Å²) in [5.74, 6) is 0.817. The molecule has 1 saturated heterocycles. The molecule has 8 nitrogen and oxygen atoms in total. The molecule has 0 spiro atoms. The highest BCUT2D eigenvalue weighted by Crippen LogP contribution is 2.39. The fourth-order valence-corrected chi connectivity index (χ4v) is 6.64. The maximum atomic E-state index is 12.8. The highest BCUT2D eigenvalue weighted by Gasteiger charge is 2.33. The third-order valence-corrected chi connectivity index (χ3v) is 9.02. The molecule has 0 aliphatic carbocycles. The number of rotatable bonds is 8. The summed E-state index contributed by atoms with van der Waals surface area (Å²) in [6.45, 7) is 4.18. The van der Waals surface area contributed by atoms with Crippen molar-refractivity contribution in [3.8, 4) is 0 Å². The van der Waals surface area contributed by atoms with Gasteiger partial charge in [0, 0.05) is 11.3 Å². The number of furan rings is 1. The molecule has 39 heavy (non-hydrogen) atoms. The third kappa shape index (κ3) is 6.02. The molecule has 200 valence electrons. The molecule has 1 atom stereocenters. The van der Waals surface area contributed by atoms with Crippen molar-refractivity contribution in [3.05, 3.63) is 113 Å². The van der Waals surface area contributed by atoms with E-state index in [1.54, 1.807) is 47.6 Å². The topological polar surface area (TPSA) is 109 Å². The Morgan fingerprint density at radius 1 is 1.03 bits per heavy atom. The SMILES string of the molecule is Cc1ccc(NS(=O)(=O)c2ccc(NC(=O)c3ccc([C@H]4SCC(=O)N4Cc4ccco4)cc3)cc2)c(C)c1. The van der Waals surface area contributed by atoms with Gasteiger partial charge in [-0.15, -0.1) is 11.8 Å². The van der Waals surface area contributed by atoms with Crippen LogP contribution in [-0.2, 0) is 21.4 Å². The molecule has 2 amide bonds. The van der Waals surface area contributed by atoms with Crippen LogP contribution < -0.4 is 10.0 Å². The monoisotopic (exact) mass is 561 g/mol. The predicted octanol–water partition coefficient (Wildman–Crippen LogP) is 5.72. The average Bonchev–Trinajstić information content (AvgIpc) is 3.56. The van der Waals surface area contributed by atoms with Crippen LogP contribution in [0, 0.1) is 13.8 Å². The third-order valence-electron chi connectivity index (χ3n) is 6.38. The van der Waals surface area contributed by atoms with Crippen LogP contribution in [-0.4, -0.2) is 30.9 Å². The first kappa shape index (κ1) is 26.6. The minimum Gasteiger partial charge on any atom is -0.467 e. The smallest absolute Gasteiger partial charge is 0.261 e. The fraction of sp³-hybridized carbons (Fsp3) is 0.172. The minimum absolute atomic E-state index is 0.0397. The van der Waals surface area contributed by atoms with E-state index >= 15 is 0 Å². The Morgan fingerprint density at radius 3 is 2.44 bits per heavy atom. The number of nitrogens with one attached hydrogen (secondary N) is 2. The highest BCUT2D eigenvalue weighted by atomic mass is 32.2. The van der Waals surface area contributed by atoms with E-state index in [2.05, 4.69) is 10.0 Å². The van der Waals surface area contributed by atoms with Crippen LogP contribution in [0.2, 0.25) is 0 Å². The number of benzene rings is 3. The van der Waals surface area contributed by atoms with Gasteiger partial charge in [-0.3, -0.25) is 14.3 Å². The van der Waals surface area contributed by atoms with Crippen molar-refractivity contribution in [3.63, 3.8) is 0 Å². The van der Waals surface area contributed by atoms with Crippen molar-refractivity contribution in [2.45, 2.75) is 30.7 Å². The lowest BCUT2D eigenvalue weighted by Gasteiger charge is -2.23. The number of hydrogen-bond acceptors (Lipinski definition) is 6. The molecule has 0 radical (unpaired) electrons. The van der Waals surface area contributed by atoms with E-state index in [0.717, 1.165) is 16.7 Å². The van der Waals surface area contributed by atoms with Gasteiger partial charge in [0.1, 0.15) is 11.1 Å². The number of carbonyl (C=O) groups excluding carboxylic acids is 2. The van der Waals surface area contributed by atoms with Crippen LogP contribution in [0.5, 0.6) is 0 Å². The van der Waals surface area contributed by atoms with E-state index in [1.165, 1.54) is 23.9 Å². The van der Waals surface area contributed by atoms with Gasteiger partial charge in [-0.05, 0) is 79.6 Å². The van der Waals surface area contributed by atoms with Crippen LogP contribution in [0.25, 0.3) is 0 Å². The molecular formula is C29H27N3O5S2. The largest absolute Gasteiger partial charge is 0.467 e. The first-order valence-electron chi connectivity index (χ1n) is 12.2. The van der Waals surface area contributed by atoms with E-state index in [9.17, 15) is 18.0 Å². The Hall–Kier alpha value is -4.02. The summed E-state index contributed by atoms with van der Waals surface area (Å²) in [7, 11) is -3.78. The number of sulfonamides is 1. The van der Waals surface area contributed by atoms with Crippen LogP contribution >= 0.6 is 11.8 Å². The summed E-state index contributed by atoms with van der Waals surface area (Å²) in [6.07, 6.45) is 1.58. The second-order valence-corrected chi connectivity index (χ2v) is 12.0. The van der Waals surface area contributed by atoms with Crippen molar-refractivity contribution in [1.29, 1.82) is 0 Å². The van der Waals surface area contributed by atoms with E-state index in [-0.39, 0.29) is 22.1 Å². The van der Waals surface area contributed by atoms with Crippen LogP contribution in [0.3, 0.4) is 0 Å². The maximum Gasteiger partial charge on any atom is 0.261 e. The average molecular weight is 562 g/mol. The second kappa shape index (κ2) is 11.0. The van der Waals surface area contributed by atoms with Crippen molar-refractivity contribution < 1.29 is 22.4 Å². The zero-order chi connectivity index (χ0) is 27.6. The van der Waals surface area contributed by atoms with Crippen LogP contribution in [0.15, 0.2) is 94.4 Å². The first-order valence-corrected chi connectivity index (χ1v) is 14.8. The van der Waals surface area contributed by atoms with E-state index in [0.29, 0.717) is 35.0 Å². The van der Waals surface area contributed by atoms with Gasteiger partial charge in [0.15, 0.2) is 0 Å². The van der Waals surface area contributed by atoms with Gasteiger partial charge in [0.25, 0.3) is 15.9 Å². The minimum atomic E-state index is -3.78. The standard InChI is InChI=1S/C29H27N3O5S2/c1-19-5-14-26(20(2)16-19)31-39(35,36)25-12-10-23(11-13-25)30-28(34)21-6-8-22(9-7-21)29-32(27(33)18-38-29)17-24-4-3-15-37-24/h3-16,29,31H,17-18H2,1-2H3,(H,30,34)/t29-/m1/s1. The van der Waals surface area contributed by atoms with Crippen LogP contribution in [0.1, 0.15) is 38.2 Å². The van der Waals surface area contributed by atoms with Gasteiger partial charge >= 0.3 is 0 Å². The first-order chi connectivity index (χ1) is 18.7. The number of aryl methyl sites for hydroxylation is 2. The van der Waals surface area contributed by atoms with E-state index in [1.807, 2.05) is 44.2 Å². The van der Waals surface area contributed by atoms with Gasteiger partial charge in [-0.1, -0.05) is 29.8 Å². The molecule has 0 saturated carbocycles. The summed E-state index contributed by atoms with van der Waals surface area (Å²) in [5, 5.41) is 2.64. The summed E-state index contributed by atoms with van der Waals surface area (Å²) in [4.78, 5) is 27.1. The molecular weight excluding hydrogens is 534 g/mol. The lowest BCUT2D eigenvalue weighted by molar-refractivity contribution is -0.128. The maximum absolute atomic E-state index is 12.8. The summed E-state index contributed by atoms with van der Waals surface area (Å²) < 4.78 is 33.7. The van der Waals surface area contributed by atoms with Crippen molar-refractivity contribution in [2.24, 2.45) is 0 Å². The number of carbonyl (C=O) groups is 2.